The second-order valence-electron chi connectivity index (χ2n) is 6.93. The van der Waals surface area contributed by atoms with E-state index in [9.17, 15) is 9.59 Å². The van der Waals surface area contributed by atoms with Gasteiger partial charge in [-0.05, 0) is 50.4 Å². The predicted octanol–water partition coefficient (Wildman–Crippen LogP) is 1.48. The lowest BCUT2D eigenvalue weighted by atomic mass is 9.96. The quantitative estimate of drug-likeness (QED) is 0.677. The summed E-state index contributed by atoms with van der Waals surface area (Å²) in [4.78, 5) is 32.1. The summed E-state index contributed by atoms with van der Waals surface area (Å²) in [5.41, 5.74) is 6.23. The molecule has 2 aromatic heterocycles. The highest BCUT2D eigenvalue weighted by atomic mass is 32.1. The van der Waals surface area contributed by atoms with Gasteiger partial charge in [0.05, 0.1) is 11.7 Å². The Bertz CT molecular complexity index is 930. The summed E-state index contributed by atoms with van der Waals surface area (Å²) < 4.78 is 4.20. The van der Waals surface area contributed by atoms with Crippen molar-refractivity contribution < 1.29 is 9.59 Å². The maximum atomic E-state index is 12.1. The van der Waals surface area contributed by atoms with Crippen molar-refractivity contribution in [1.29, 1.82) is 0 Å². The number of hydrogen-bond acceptors (Lipinski definition) is 9. The van der Waals surface area contributed by atoms with E-state index >= 15 is 0 Å². The molecule has 0 aliphatic carbocycles. The fraction of sp³-hybridized carbons (Fsp3) is 0.444. The highest BCUT2D eigenvalue weighted by molar-refractivity contribution is 7.10. The van der Waals surface area contributed by atoms with Gasteiger partial charge in [0.25, 0.3) is 5.91 Å². The Morgan fingerprint density at radius 1 is 1.45 bits per heavy atom. The summed E-state index contributed by atoms with van der Waals surface area (Å²) in [6, 6.07) is 1.77. The molecule has 1 fully saturated rings. The van der Waals surface area contributed by atoms with Gasteiger partial charge in [0.1, 0.15) is 5.00 Å². The lowest BCUT2D eigenvalue weighted by Gasteiger charge is -2.42. The van der Waals surface area contributed by atoms with Crippen LogP contribution < -0.4 is 16.0 Å². The molecule has 0 saturated carbocycles. The van der Waals surface area contributed by atoms with Gasteiger partial charge in [-0.15, -0.1) is 10.2 Å². The Balaban J connectivity index is 1.89. The van der Waals surface area contributed by atoms with Crippen molar-refractivity contribution in [1.82, 2.24) is 24.5 Å². The molecule has 11 heteroatoms. The highest BCUT2D eigenvalue weighted by Crippen LogP contribution is 2.27. The molecule has 154 valence electrons. The Hall–Kier alpha value is -3.08. The van der Waals surface area contributed by atoms with Gasteiger partial charge in [0.15, 0.2) is 11.5 Å². The van der Waals surface area contributed by atoms with Crippen molar-refractivity contribution in [2.24, 2.45) is 5.73 Å². The molecule has 1 aliphatic rings. The molecule has 2 aromatic rings. The van der Waals surface area contributed by atoms with Gasteiger partial charge in [0, 0.05) is 19.6 Å². The molecule has 10 nitrogen and oxygen atoms in total. The van der Waals surface area contributed by atoms with E-state index in [2.05, 4.69) is 31.5 Å². The third kappa shape index (κ3) is 4.34. The van der Waals surface area contributed by atoms with Gasteiger partial charge in [-0.3, -0.25) is 9.59 Å². The minimum atomic E-state index is -0.725. The Morgan fingerprint density at radius 3 is 2.83 bits per heavy atom. The number of nitrogens with two attached hydrogens (primary N) is 1. The first-order valence-corrected chi connectivity index (χ1v) is 10.00. The van der Waals surface area contributed by atoms with Crippen LogP contribution in [0.1, 0.15) is 35.9 Å². The molecule has 0 aromatic carbocycles. The highest BCUT2D eigenvalue weighted by Gasteiger charge is 2.34. The largest absolute Gasteiger partial charge is 0.364 e. The second kappa shape index (κ2) is 8.52. The topological polar surface area (TPSA) is 130 Å². The van der Waals surface area contributed by atoms with Gasteiger partial charge in [-0.25, -0.2) is 0 Å². The molecule has 0 spiro atoms. The summed E-state index contributed by atoms with van der Waals surface area (Å²) in [5, 5.41) is 11.9. The number of amides is 2. The first kappa shape index (κ1) is 20.6. The molecule has 2 atom stereocenters. The molecule has 2 amide bonds. The Morgan fingerprint density at radius 2 is 2.21 bits per heavy atom. The zero-order chi connectivity index (χ0) is 21.1. The molecular formula is C18H24N8O2S. The number of aryl methyl sites for hydroxylation is 1. The van der Waals surface area contributed by atoms with Gasteiger partial charge in [0.2, 0.25) is 11.9 Å². The Labute approximate surface area is 173 Å². The molecule has 1 saturated heterocycles. The van der Waals surface area contributed by atoms with Crippen LogP contribution >= 0.6 is 11.5 Å². The molecule has 3 rings (SSSR count). The van der Waals surface area contributed by atoms with Crippen LogP contribution in [0.15, 0.2) is 18.7 Å². The van der Waals surface area contributed by atoms with Crippen LogP contribution in [-0.2, 0) is 4.79 Å². The third-order valence-electron chi connectivity index (χ3n) is 5.00. The smallest absolute Gasteiger partial charge is 0.273 e. The first-order valence-electron chi connectivity index (χ1n) is 9.22. The number of likely N-dealkylation sites (N-methyl/N-ethyl adjacent to an activating group) is 1. The lowest BCUT2D eigenvalue weighted by Crippen LogP contribution is -2.55. The van der Waals surface area contributed by atoms with Crippen molar-refractivity contribution in [3.63, 3.8) is 0 Å². The summed E-state index contributed by atoms with van der Waals surface area (Å²) in [7, 11) is 1.85. The molecule has 1 aliphatic heterocycles. The zero-order valence-electron chi connectivity index (χ0n) is 16.6. The van der Waals surface area contributed by atoms with Crippen LogP contribution in [0.4, 0.5) is 16.8 Å². The number of nitrogens with one attached hydrogen (secondary N) is 1. The van der Waals surface area contributed by atoms with Crippen molar-refractivity contribution in [3.05, 3.63) is 30.1 Å². The van der Waals surface area contributed by atoms with Gasteiger partial charge >= 0.3 is 0 Å². The average molecular weight is 417 g/mol. The maximum absolute atomic E-state index is 12.1. The summed E-state index contributed by atoms with van der Waals surface area (Å²) in [6.45, 7) is 8.13. The van der Waals surface area contributed by atoms with Crippen LogP contribution in [-0.4, -0.2) is 61.9 Å². The number of carbonyl (C=O) groups excluding carboxylic acids is 2. The molecule has 0 unspecified atom stereocenters. The standard InChI is InChI=1S/C18H24N8O2S/c1-5-14(27)26-8-6-7-12(11(26)3)25(4)18-21-17(15(16(19)28)22-23-18)20-13-9-10(2)24-29-13/h5,9,11-12H,1,6-8H2,2-4H3,(H2,19,28)(H,20,21,23)/t11-,12-/m1/s1. The van der Waals surface area contributed by atoms with Crippen LogP contribution in [0.2, 0.25) is 0 Å². The molecule has 3 heterocycles. The minimum absolute atomic E-state index is 0.00706. The fourth-order valence-electron chi connectivity index (χ4n) is 3.48. The van der Waals surface area contributed by atoms with Crippen molar-refractivity contribution >= 4 is 40.1 Å². The van der Waals surface area contributed by atoms with E-state index in [4.69, 9.17) is 5.73 Å². The molecule has 0 radical (unpaired) electrons. The number of nitrogens with zero attached hydrogens (tertiary/aromatic N) is 6. The van der Waals surface area contributed by atoms with Gasteiger partial charge in [-0.2, -0.15) is 9.36 Å². The van der Waals surface area contributed by atoms with E-state index in [1.807, 2.05) is 31.9 Å². The summed E-state index contributed by atoms with van der Waals surface area (Å²) >= 11 is 1.24. The van der Waals surface area contributed by atoms with E-state index in [1.54, 1.807) is 4.90 Å². The van der Waals surface area contributed by atoms with E-state index in [0.717, 1.165) is 18.5 Å². The Kier molecular flexibility index (Phi) is 6.06. The number of likely N-dealkylation sites (tertiary alicyclic amines) is 1. The van der Waals surface area contributed by atoms with Crippen LogP contribution in [0.25, 0.3) is 0 Å². The van der Waals surface area contributed by atoms with Gasteiger partial charge < -0.3 is 20.9 Å². The van der Waals surface area contributed by atoms with Crippen molar-refractivity contribution in [2.45, 2.75) is 38.8 Å². The molecule has 29 heavy (non-hydrogen) atoms. The third-order valence-corrected chi connectivity index (χ3v) is 5.79. The first-order chi connectivity index (χ1) is 13.8. The number of hydrogen-bond donors (Lipinski definition) is 2. The SMILES string of the molecule is C=CC(=O)N1CCC[C@@H](N(C)c2nnc(C(N)=O)c(Nc3cc(C)ns3)n2)[C@H]1C. The van der Waals surface area contributed by atoms with Crippen molar-refractivity contribution in [3.8, 4) is 0 Å². The summed E-state index contributed by atoms with van der Waals surface area (Å²) in [5.74, 6) is -0.262. The zero-order valence-corrected chi connectivity index (χ0v) is 17.4. The minimum Gasteiger partial charge on any atom is -0.364 e. The van der Waals surface area contributed by atoms with Crippen LogP contribution in [0.5, 0.6) is 0 Å². The maximum Gasteiger partial charge on any atom is 0.273 e. The molecule has 0 bridgehead atoms. The number of primary amides is 1. The number of rotatable bonds is 6. The lowest BCUT2D eigenvalue weighted by molar-refractivity contribution is -0.129. The number of aromatic nitrogens is 4. The van der Waals surface area contributed by atoms with E-state index < -0.39 is 5.91 Å². The molecule has 3 N–H and O–H groups in total. The molecular weight excluding hydrogens is 392 g/mol. The number of piperidine rings is 1. The van der Waals surface area contributed by atoms with Crippen LogP contribution in [0, 0.1) is 6.92 Å². The predicted molar refractivity (Wildman–Crippen MR) is 111 cm³/mol. The van der Waals surface area contributed by atoms with Gasteiger partial charge in [-0.1, -0.05) is 6.58 Å². The summed E-state index contributed by atoms with van der Waals surface area (Å²) in [6.07, 6.45) is 3.06. The number of carbonyl (C=O) groups is 2. The van der Waals surface area contributed by atoms with Crippen molar-refractivity contribution in [2.75, 3.05) is 23.8 Å². The number of anilines is 3. The van der Waals surface area contributed by atoms with Crippen LogP contribution in [0.3, 0.4) is 0 Å². The second-order valence-corrected chi connectivity index (χ2v) is 7.73. The van der Waals surface area contributed by atoms with E-state index in [-0.39, 0.29) is 29.5 Å². The monoisotopic (exact) mass is 416 g/mol. The fourth-order valence-corrected chi connectivity index (χ4v) is 4.14. The normalized spacial score (nSPS) is 18.9. The average Bonchev–Trinajstić information content (AvgIpc) is 3.11. The van der Waals surface area contributed by atoms with E-state index in [0.29, 0.717) is 17.5 Å². The van der Waals surface area contributed by atoms with E-state index in [1.165, 1.54) is 17.6 Å².